The van der Waals surface area contributed by atoms with Gasteiger partial charge in [0.1, 0.15) is 0 Å². The zero-order valence-corrected chi connectivity index (χ0v) is 14.9. The summed E-state index contributed by atoms with van der Waals surface area (Å²) in [5.74, 6) is 0.734. The van der Waals surface area contributed by atoms with E-state index < -0.39 is 0 Å². The maximum Gasteiger partial charge on any atom is 0.214 e. The average Bonchev–Trinajstić information content (AvgIpc) is 2.98. The Bertz CT molecular complexity index is 905. The van der Waals surface area contributed by atoms with Gasteiger partial charge in [-0.25, -0.2) is 4.68 Å². The van der Waals surface area contributed by atoms with Gasteiger partial charge < -0.3 is 0 Å². The lowest BCUT2D eigenvalue weighted by molar-refractivity contribution is 0.826. The topological polar surface area (TPSA) is 42.7 Å². The lowest BCUT2D eigenvalue weighted by atomic mass is 10.2. The van der Waals surface area contributed by atoms with Crippen molar-refractivity contribution >= 4 is 45.0 Å². The van der Waals surface area contributed by atoms with Crippen LogP contribution in [0, 0.1) is 0 Å². The summed E-state index contributed by atoms with van der Waals surface area (Å²) in [5, 5.41) is 12.0. The fourth-order valence-corrected chi connectivity index (χ4v) is 3.47. The SMILES string of the molecule is Clc1cccc(-c2nnc3n2NC(c2ccc(Br)cc2)=CS3)c1. The molecule has 7 heteroatoms. The second-order valence-electron chi connectivity index (χ2n) is 4.92. The van der Waals surface area contributed by atoms with Gasteiger partial charge in [-0.1, -0.05) is 63.6 Å². The Kier molecular flexibility index (Phi) is 3.88. The summed E-state index contributed by atoms with van der Waals surface area (Å²) < 4.78 is 2.93. The van der Waals surface area contributed by atoms with Gasteiger partial charge in [0, 0.05) is 26.0 Å². The number of nitrogens with one attached hydrogen (secondary N) is 1. The summed E-state index contributed by atoms with van der Waals surface area (Å²) >= 11 is 11.1. The predicted octanol–water partition coefficient (Wildman–Crippen LogP) is 5.01. The van der Waals surface area contributed by atoms with Crippen LogP contribution in [-0.2, 0) is 0 Å². The van der Waals surface area contributed by atoms with Gasteiger partial charge in [-0.15, -0.1) is 10.2 Å². The molecule has 0 fully saturated rings. The Morgan fingerprint density at radius 1 is 1.04 bits per heavy atom. The molecule has 0 saturated carbocycles. The molecule has 0 unspecified atom stereocenters. The van der Waals surface area contributed by atoms with E-state index in [-0.39, 0.29) is 0 Å². The largest absolute Gasteiger partial charge is 0.289 e. The van der Waals surface area contributed by atoms with Crippen LogP contribution >= 0.6 is 39.3 Å². The number of fused-ring (bicyclic) bond motifs is 1. The molecule has 2 heterocycles. The number of thioether (sulfide) groups is 1. The minimum atomic E-state index is 0.673. The second-order valence-corrected chi connectivity index (χ2v) is 7.11. The molecule has 3 aromatic rings. The summed E-state index contributed by atoms with van der Waals surface area (Å²) in [4.78, 5) is 0. The van der Waals surface area contributed by atoms with Crippen LogP contribution < -0.4 is 5.43 Å². The molecular formula is C16H10BrClN4S. The molecule has 0 atom stereocenters. The van der Waals surface area contributed by atoms with Crippen molar-refractivity contribution in [2.45, 2.75) is 5.16 Å². The van der Waals surface area contributed by atoms with Crippen LogP contribution in [0.2, 0.25) is 5.02 Å². The fourth-order valence-electron chi connectivity index (χ4n) is 2.28. The average molecular weight is 406 g/mol. The van der Waals surface area contributed by atoms with Gasteiger partial charge in [0.05, 0.1) is 5.70 Å². The van der Waals surface area contributed by atoms with Gasteiger partial charge in [0.15, 0.2) is 5.82 Å². The molecule has 0 amide bonds. The summed E-state index contributed by atoms with van der Waals surface area (Å²) in [6, 6.07) is 15.7. The Morgan fingerprint density at radius 3 is 2.65 bits per heavy atom. The van der Waals surface area contributed by atoms with Crippen molar-refractivity contribution in [1.82, 2.24) is 14.9 Å². The third kappa shape index (κ3) is 2.89. The molecule has 1 N–H and O–H groups in total. The van der Waals surface area contributed by atoms with Gasteiger partial charge in [-0.05, 0) is 24.3 Å². The highest BCUT2D eigenvalue weighted by Gasteiger charge is 2.19. The maximum atomic E-state index is 6.09. The van der Waals surface area contributed by atoms with Crippen molar-refractivity contribution in [1.29, 1.82) is 0 Å². The van der Waals surface area contributed by atoms with E-state index in [1.54, 1.807) is 0 Å². The van der Waals surface area contributed by atoms with Crippen LogP contribution in [-0.4, -0.2) is 14.9 Å². The van der Waals surface area contributed by atoms with Crippen LogP contribution in [0.4, 0.5) is 0 Å². The van der Waals surface area contributed by atoms with Gasteiger partial charge in [-0.2, -0.15) is 0 Å². The first-order valence-electron chi connectivity index (χ1n) is 6.82. The molecule has 1 aromatic heterocycles. The fraction of sp³-hybridized carbons (Fsp3) is 0. The molecule has 4 rings (SSSR count). The monoisotopic (exact) mass is 404 g/mol. The molecule has 0 spiro atoms. The van der Waals surface area contributed by atoms with Gasteiger partial charge in [0.2, 0.25) is 5.16 Å². The van der Waals surface area contributed by atoms with Crippen LogP contribution in [0.3, 0.4) is 0 Å². The first kappa shape index (κ1) is 14.8. The minimum Gasteiger partial charge on any atom is -0.289 e. The van der Waals surface area contributed by atoms with Crippen LogP contribution in [0.1, 0.15) is 5.56 Å². The molecule has 1 aliphatic rings. The number of hydrogen-bond acceptors (Lipinski definition) is 4. The van der Waals surface area contributed by atoms with Gasteiger partial charge in [0.25, 0.3) is 0 Å². The highest BCUT2D eigenvalue weighted by atomic mass is 79.9. The first-order chi connectivity index (χ1) is 11.2. The molecule has 4 nitrogen and oxygen atoms in total. The van der Waals surface area contributed by atoms with Crippen molar-refractivity contribution in [3.05, 3.63) is 69.0 Å². The number of hydrogen-bond donors (Lipinski definition) is 1. The van der Waals surface area contributed by atoms with Crippen LogP contribution in [0.5, 0.6) is 0 Å². The minimum absolute atomic E-state index is 0.673. The quantitative estimate of drug-likeness (QED) is 0.651. The van der Waals surface area contributed by atoms with Crippen molar-refractivity contribution in [2.75, 3.05) is 5.43 Å². The Hall–Kier alpha value is -1.76. The van der Waals surface area contributed by atoms with Gasteiger partial charge in [-0.3, -0.25) is 5.43 Å². The van der Waals surface area contributed by atoms with E-state index in [0.717, 1.165) is 32.3 Å². The Morgan fingerprint density at radius 2 is 1.87 bits per heavy atom. The van der Waals surface area contributed by atoms with Crippen LogP contribution in [0.15, 0.2) is 63.6 Å². The number of aromatic nitrogens is 3. The molecule has 2 aromatic carbocycles. The van der Waals surface area contributed by atoms with E-state index in [0.29, 0.717) is 5.02 Å². The standard InChI is InChI=1S/C16H10BrClN4S/c17-12-6-4-10(5-7-12)14-9-23-16-20-19-15(22(16)21-14)11-2-1-3-13(18)8-11/h1-9,21H. The number of nitrogens with zero attached hydrogens (tertiary/aromatic N) is 3. The summed E-state index contributed by atoms with van der Waals surface area (Å²) in [6.07, 6.45) is 0. The summed E-state index contributed by atoms with van der Waals surface area (Å²) in [5.41, 5.74) is 6.38. The molecule has 0 radical (unpaired) electrons. The zero-order valence-electron chi connectivity index (χ0n) is 11.7. The van der Waals surface area contributed by atoms with Crippen molar-refractivity contribution in [3.8, 4) is 11.4 Å². The Balaban J connectivity index is 1.71. The maximum absolute atomic E-state index is 6.09. The number of rotatable bonds is 2. The lowest BCUT2D eigenvalue weighted by Crippen LogP contribution is -2.18. The van der Waals surface area contributed by atoms with Crippen LogP contribution in [0.25, 0.3) is 17.1 Å². The molecule has 23 heavy (non-hydrogen) atoms. The molecule has 0 bridgehead atoms. The molecule has 0 saturated heterocycles. The van der Waals surface area contributed by atoms with Gasteiger partial charge >= 0.3 is 0 Å². The highest BCUT2D eigenvalue weighted by molar-refractivity contribution is 9.10. The normalized spacial score (nSPS) is 13.2. The zero-order chi connectivity index (χ0) is 15.8. The lowest BCUT2D eigenvalue weighted by Gasteiger charge is -2.19. The van der Waals surface area contributed by atoms with E-state index in [4.69, 9.17) is 11.6 Å². The molecule has 114 valence electrons. The van der Waals surface area contributed by atoms with Crippen molar-refractivity contribution in [3.63, 3.8) is 0 Å². The van der Waals surface area contributed by atoms with E-state index in [1.807, 2.05) is 46.5 Å². The second kappa shape index (κ2) is 6.03. The van der Waals surface area contributed by atoms with E-state index in [1.165, 1.54) is 11.8 Å². The summed E-state index contributed by atoms with van der Waals surface area (Å²) in [6.45, 7) is 0. The third-order valence-corrected chi connectivity index (χ3v) is 4.98. The summed E-state index contributed by atoms with van der Waals surface area (Å²) in [7, 11) is 0. The van der Waals surface area contributed by atoms with E-state index in [9.17, 15) is 0 Å². The van der Waals surface area contributed by atoms with E-state index in [2.05, 4.69) is 43.7 Å². The third-order valence-electron chi connectivity index (χ3n) is 3.39. The van der Waals surface area contributed by atoms with Crippen molar-refractivity contribution < 1.29 is 0 Å². The van der Waals surface area contributed by atoms with Crippen molar-refractivity contribution in [2.24, 2.45) is 0 Å². The molecule has 1 aliphatic heterocycles. The molecular weight excluding hydrogens is 396 g/mol. The first-order valence-corrected chi connectivity index (χ1v) is 8.87. The smallest absolute Gasteiger partial charge is 0.214 e. The predicted molar refractivity (Wildman–Crippen MR) is 97.8 cm³/mol. The highest BCUT2D eigenvalue weighted by Crippen LogP contribution is 2.32. The number of halogens is 2. The van der Waals surface area contributed by atoms with E-state index >= 15 is 0 Å². The molecule has 0 aliphatic carbocycles. The Labute approximate surface area is 150 Å². The number of benzene rings is 2.